The molecule has 0 spiro atoms. The van der Waals surface area contributed by atoms with Crippen molar-refractivity contribution in [1.29, 1.82) is 0 Å². The van der Waals surface area contributed by atoms with E-state index >= 15 is 0 Å². The molecule has 1 amide bonds. The highest BCUT2D eigenvalue weighted by Gasteiger charge is 2.17. The van der Waals surface area contributed by atoms with Gasteiger partial charge in [-0.15, -0.1) is 21.5 Å². The molecule has 4 aromatic heterocycles. The van der Waals surface area contributed by atoms with Gasteiger partial charge in [-0.2, -0.15) is 5.10 Å². The molecule has 0 atom stereocenters. The molecule has 5 rings (SSSR count). The molecule has 0 aliphatic rings. The molecule has 0 aliphatic carbocycles. The van der Waals surface area contributed by atoms with Gasteiger partial charge in [0.1, 0.15) is 4.83 Å². The monoisotopic (exact) mass is 416 g/mol. The number of aryl methyl sites for hydroxylation is 2. The predicted octanol–water partition coefficient (Wildman–Crippen LogP) is 3.74. The zero-order valence-corrected chi connectivity index (χ0v) is 17.5. The van der Waals surface area contributed by atoms with Gasteiger partial charge in [0.2, 0.25) is 0 Å². The summed E-state index contributed by atoms with van der Waals surface area (Å²) in [6.07, 6.45) is 1.89. The number of amides is 1. The number of benzene rings is 1. The molecule has 0 radical (unpaired) electrons. The van der Waals surface area contributed by atoms with E-state index in [4.69, 9.17) is 0 Å². The van der Waals surface area contributed by atoms with Crippen LogP contribution in [-0.4, -0.2) is 30.3 Å². The smallest absolute Gasteiger partial charge is 0.261 e. The molecule has 0 saturated heterocycles. The highest BCUT2D eigenvalue weighted by atomic mass is 32.1. The summed E-state index contributed by atoms with van der Waals surface area (Å²) in [7, 11) is 0. The van der Waals surface area contributed by atoms with Gasteiger partial charge >= 0.3 is 0 Å². The second kappa shape index (κ2) is 7.38. The van der Waals surface area contributed by atoms with E-state index in [1.54, 1.807) is 0 Å². The van der Waals surface area contributed by atoms with Crippen molar-refractivity contribution in [2.45, 2.75) is 26.9 Å². The summed E-state index contributed by atoms with van der Waals surface area (Å²) in [6, 6.07) is 16.1. The predicted molar refractivity (Wildman–Crippen MR) is 117 cm³/mol. The molecule has 1 N–H and O–H groups in total. The van der Waals surface area contributed by atoms with Gasteiger partial charge < -0.3 is 5.32 Å². The maximum Gasteiger partial charge on any atom is 0.261 e. The molecule has 0 aliphatic heterocycles. The van der Waals surface area contributed by atoms with E-state index in [-0.39, 0.29) is 5.91 Å². The first-order chi connectivity index (χ1) is 14.6. The average Bonchev–Trinajstić information content (AvgIpc) is 3.44. The lowest BCUT2D eigenvalue weighted by molar-refractivity contribution is 0.0954. The Balaban J connectivity index is 1.36. The fraction of sp³-hybridized carbons (Fsp3) is 0.182. The Hall–Kier alpha value is -3.52. The van der Waals surface area contributed by atoms with E-state index in [9.17, 15) is 4.79 Å². The molecule has 0 fully saturated rings. The largest absolute Gasteiger partial charge is 0.344 e. The molecule has 0 bridgehead atoms. The standard InChI is InChI=1S/C22H20N6OS/c1-14-6-8-16(9-7-14)13-28-22-17(15(2)26-28)11-18(30-22)21(29)23-12-20-25-24-19-5-3-4-10-27(19)20/h3-11H,12-13H2,1-2H3,(H,23,29). The lowest BCUT2D eigenvalue weighted by atomic mass is 10.1. The molecule has 30 heavy (non-hydrogen) atoms. The van der Waals surface area contributed by atoms with Crippen LogP contribution >= 0.6 is 11.3 Å². The maximum atomic E-state index is 12.8. The quantitative estimate of drug-likeness (QED) is 0.474. The van der Waals surface area contributed by atoms with Crippen LogP contribution in [0.25, 0.3) is 15.9 Å². The Morgan fingerprint density at radius 2 is 1.93 bits per heavy atom. The van der Waals surface area contributed by atoms with Gasteiger partial charge in [-0.25, -0.2) is 0 Å². The van der Waals surface area contributed by atoms with Gasteiger partial charge in [0.05, 0.1) is 23.7 Å². The van der Waals surface area contributed by atoms with Gasteiger partial charge in [0, 0.05) is 11.6 Å². The number of nitrogens with zero attached hydrogens (tertiary/aromatic N) is 5. The van der Waals surface area contributed by atoms with Crippen LogP contribution < -0.4 is 5.32 Å². The first-order valence-electron chi connectivity index (χ1n) is 9.68. The summed E-state index contributed by atoms with van der Waals surface area (Å²) in [5.74, 6) is 0.576. The summed E-state index contributed by atoms with van der Waals surface area (Å²) in [6.45, 7) is 5.04. The van der Waals surface area contributed by atoms with Crippen molar-refractivity contribution >= 4 is 33.1 Å². The Morgan fingerprint density at radius 1 is 1.10 bits per heavy atom. The van der Waals surface area contributed by atoms with Crippen LogP contribution in [0.1, 0.15) is 32.3 Å². The summed E-state index contributed by atoms with van der Waals surface area (Å²) >= 11 is 1.46. The van der Waals surface area contributed by atoms with Crippen LogP contribution in [0.4, 0.5) is 0 Å². The van der Waals surface area contributed by atoms with E-state index in [1.807, 2.05) is 46.5 Å². The van der Waals surface area contributed by atoms with E-state index in [1.165, 1.54) is 22.5 Å². The first-order valence-corrected chi connectivity index (χ1v) is 10.5. The van der Waals surface area contributed by atoms with Gasteiger partial charge in [0.25, 0.3) is 5.91 Å². The lowest BCUT2D eigenvalue weighted by Gasteiger charge is -2.04. The van der Waals surface area contributed by atoms with Crippen LogP contribution in [0.2, 0.25) is 0 Å². The Morgan fingerprint density at radius 3 is 2.77 bits per heavy atom. The van der Waals surface area contributed by atoms with Crippen LogP contribution in [0.15, 0.2) is 54.7 Å². The fourth-order valence-electron chi connectivity index (χ4n) is 3.46. The van der Waals surface area contributed by atoms with Crippen molar-refractivity contribution in [2.24, 2.45) is 0 Å². The number of nitrogens with one attached hydrogen (secondary N) is 1. The molecule has 4 heterocycles. The topological polar surface area (TPSA) is 77.1 Å². The number of aromatic nitrogens is 5. The van der Waals surface area contributed by atoms with Gasteiger partial charge in [-0.1, -0.05) is 35.9 Å². The molecular weight excluding hydrogens is 396 g/mol. The summed E-state index contributed by atoms with van der Waals surface area (Å²) in [5.41, 5.74) is 4.10. The molecule has 7 nitrogen and oxygen atoms in total. The second-order valence-electron chi connectivity index (χ2n) is 7.29. The molecule has 8 heteroatoms. The number of carbonyl (C=O) groups excluding carboxylic acids is 1. The molecule has 1 aromatic carbocycles. The molecule has 0 unspecified atom stereocenters. The second-order valence-corrected chi connectivity index (χ2v) is 8.32. The zero-order chi connectivity index (χ0) is 20.7. The molecule has 0 saturated carbocycles. The van der Waals surface area contributed by atoms with Crippen molar-refractivity contribution in [3.8, 4) is 0 Å². The highest BCUT2D eigenvalue weighted by Crippen LogP contribution is 2.29. The third kappa shape index (κ3) is 3.35. The number of pyridine rings is 1. The average molecular weight is 417 g/mol. The van der Waals surface area contributed by atoms with Crippen LogP contribution in [-0.2, 0) is 13.1 Å². The highest BCUT2D eigenvalue weighted by molar-refractivity contribution is 7.20. The third-order valence-corrected chi connectivity index (χ3v) is 6.22. The van der Waals surface area contributed by atoms with Gasteiger partial charge in [0.15, 0.2) is 11.5 Å². The van der Waals surface area contributed by atoms with E-state index in [2.05, 4.69) is 51.8 Å². The van der Waals surface area contributed by atoms with Crippen LogP contribution in [0.5, 0.6) is 0 Å². The van der Waals surface area contributed by atoms with E-state index < -0.39 is 0 Å². The van der Waals surface area contributed by atoms with Crippen LogP contribution in [0.3, 0.4) is 0 Å². The summed E-state index contributed by atoms with van der Waals surface area (Å²) < 4.78 is 3.84. The minimum Gasteiger partial charge on any atom is -0.344 e. The first kappa shape index (κ1) is 18.5. The van der Waals surface area contributed by atoms with Crippen LogP contribution in [0, 0.1) is 13.8 Å². The van der Waals surface area contributed by atoms with Crippen molar-refractivity contribution < 1.29 is 4.79 Å². The number of thiophene rings is 1. The Labute approximate surface area is 177 Å². The number of fused-ring (bicyclic) bond motifs is 2. The van der Waals surface area contributed by atoms with E-state index in [0.717, 1.165) is 21.6 Å². The van der Waals surface area contributed by atoms with Crippen molar-refractivity contribution in [3.63, 3.8) is 0 Å². The number of hydrogen-bond acceptors (Lipinski definition) is 5. The van der Waals surface area contributed by atoms with Crippen molar-refractivity contribution in [2.75, 3.05) is 0 Å². The van der Waals surface area contributed by atoms with E-state index in [0.29, 0.717) is 23.8 Å². The normalized spacial score (nSPS) is 11.4. The summed E-state index contributed by atoms with van der Waals surface area (Å²) in [5, 5.41) is 16.9. The third-order valence-electron chi connectivity index (χ3n) is 5.08. The Bertz CT molecular complexity index is 1360. The van der Waals surface area contributed by atoms with Crippen molar-refractivity contribution in [1.82, 2.24) is 29.7 Å². The number of rotatable bonds is 5. The zero-order valence-electron chi connectivity index (χ0n) is 16.7. The Kier molecular flexibility index (Phi) is 4.55. The summed E-state index contributed by atoms with van der Waals surface area (Å²) in [4.78, 5) is 14.4. The fourth-order valence-corrected chi connectivity index (χ4v) is 4.53. The molecule has 5 aromatic rings. The van der Waals surface area contributed by atoms with Gasteiger partial charge in [-0.05, 0) is 37.6 Å². The molecular formula is C22H20N6OS. The minimum absolute atomic E-state index is 0.120. The van der Waals surface area contributed by atoms with Crippen molar-refractivity contribution in [3.05, 3.63) is 82.3 Å². The lowest BCUT2D eigenvalue weighted by Crippen LogP contribution is -2.23. The number of carbonyl (C=O) groups is 1. The van der Waals surface area contributed by atoms with Gasteiger partial charge in [-0.3, -0.25) is 13.9 Å². The minimum atomic E-state index is -0.120. The number of hydrogen-bond donors (Lipinski definition) is 1. The maximum absolute atomic E-state index is 12.8. The molecule has 150 valence electrons. The SMILES string of the molecule is Cc1ccc(Cn2nc(C)c3cc(C(=O)NCc4nnc5ccccn45)sc32)cc1.